The summed E-state index contributed by atoms with van der Waals surface area (Å²) in [4.78, 5) is 25.6. The average Bonchev–Trinajstić information content (AvgIpc) is 3.37. The van der Waals surface area contributed by atoms with Gasteiger partial charge in [-0.2, -0.15) is 0 Å². The molecule has 0 atom stereocenters. The van der Waals surface area contributed by atoms with E-state index in [-0.39, 0.29) is 0 Å². The number of carbonyl (C=O) groups excluding carboxylic acids is 2. The third-order valence-corrected chi connectivity index (χ3v) is 6.25. The van der Waals surface area contributed by atoms with Crippen molar-refractivity contribution < 1.29 is 28.5 Å². The highest BCUT2D eigenvalue weighted by atomic mass is 16.5. The van der Waals surface area contributed by atoms with Gasteiger partial charge in [0, 0.05) is 10.4 Å². The van der Waals surface area contributed by atoms with E-state index in [1.54, 1.807) is 12.1 Å². The summed E-state index contributed by atoms with van der Waals surface area (Å²) >= 11 is 0. The Kier molecular flexibility index (Phi) is 6.76. The monoisotopic (exact) mass is 484 g/mol. The molecule has 2 aliphatic heterocycles. The number of esters is 2. The molecule has 0 unspecified atom stereocenters. The second-order valence-electron chi connectivity index (χ2n) is 8.83. The molecule has 2 heterocycles. The lowest BCUT2D eigenvalue weighted by Crippen LogP contribution is -2.11. The molecule has 0 radical (unpaired) electrons. The van der Waals surface area contributed by atoms with Gasteiger partial charge in [-0.25, -0.2) is 9.59 Å². The van der Waals surface area contributed by atoms with Crippen molar-refractivity contribution in [1.29, 1.82) is 0 Å². The first-order valence-corrected chi connectivity index (χ1v) is 12.4. The third-order valence-electron chi connectivity index (χ3n) is 6.25. The SMILES string of the molecule is CCCCOc1ccc(C2=c3cc4c(cc3OC2=O)=C(c2ccc(OCCCC)cc2)C(=O)O4)cc1. The van der Waals surface area contributed by atoms with Gasteiger partial charge >= 0.3 is 11.9 Å². The van der Waals surface area contributed by atoms with Crippen molar-refractivity contribution in [2.24, 2.45) is 0 Å². The number of hydrogen-bond donors (Lipinski definition) is 0. The Morgan fingerprint density at radius 1 is 0.611 bits per heavy atom. The summed E-state index contributed by atoms with van der Waals surface area (Å²) in [5.74, 6) is 1.45. The molecule has 0 saturated carbocycles. The lowest BCUT2D eigenvalue weighted by atomic mass is 10.0. The van der Waals surface area contributed by atoms with Crippen molar-refractivity contribution in [1.82, 2.24) is 0 Å². The van der Waals surface area contributed by atoms with Gasteiger partial charge in [-0.3, -0.25) is 0 Å². The van der Waals surface area contributed by atoms with Crippen molar-refractivity contribution in [2.75, 3.05) is 13.2 Å². The standard InChI is InChI=1S/C30H28O6/c1-3-5-15-33-21-11-7-19(8-12-21)27-23-17-26-24(18-25(23)35-29(27)31)28(30(32)36-26)20-9-13-22(14-10-20)34-16-6-4-2/h7-14,17-18H,3-6,15-16H2,1-2H3. The molecule has 0 fully saturated rings. The minimum absolute atomic E-state index is 0.410. The number of rotatable bonds is 10. The molecule has 5 rings (SSSR count). The van der Waals surface area contributed by atoms with Crippen LogP contribution >= 0.6 is 0 Å². The summed E-state index contributed by atoms with van der Waals surface area (Å²) in [5.41, 5.74) is 2.31. The Labute approximate surface area is 209 Å². The van der Waals surface area contributed by atoms with Gasteiger partial charge in [-0.1, -0.05) is 51.0 Å². The van der Waals surface area contributed by atoms with Crippen molar-refractivity contribution in [3.8, 4) is 23.0 Å². The Balaban J connectivity index is 1.49. The van der Waals surface area contributed by atoms with Crippen LogP contribution in [0.1, 0.15) is 50.7 Å². The van der Waals surface area contributed by atoms with E-state index < -0.39 is 11.9 Å². The van der Waals surface area contributed by atoms with E-state index in [1.165, 1.54) is 0 Å². The highest BCUT2D eigenvalue weighted by Gasteiger charge is 2.30. The van der Waals surface area contributed by atoms with Gasteiger partial charge in [0.1, 0.15) is 23.0 Å². The predicted octanol–water partition coefficient (Wildman–Crippen LogP) is 4.28. The zero-order valence-electron chi connectivity index (χ0n) is 20.5. The molecule has 0 amide bonds. The number of hydrogen-bond acceptors (Lipinski definition) is 6. The van der Waals surface area contributed by atoms with Gasteiger partial charge in [-0.05, 0) is 60.4 Å². The molecule has 6 heteroatoms. The molecule has 36 heavy (non-hydrogen) atoms. The lowest BCUT2D eigenvalue weighted by molar-refractivity contribution is -0.128. The summed E-state index contributed by atoms with van der Waals surface area (Å²) in [6.45, 7) is 5.53. The minimum Gasteiger partial charge on any atom is -0.494 e. The maximum atomic E-state index is 12.8. The summed E-state index contributed by atoms with van der Waals surface area (Å²) in [5, 5.41) is 1.21. The molecule has 3 aromatic carbocycles. The number of benzene rings is 3. The van der Waals surface area contributed by atoms with Crippen molar-refractivity contribution in [2.45, 2.75) is 39.5 Å². The van der Waals surface area contributed by atoms with Gasteiger partial charge < -0.3 is 18.9 Å². The van der Waals surface area contributed by atoms with Crippen LogP contribution in [0.3, 0.4) is 0 Å². The molecule has 6 nitrogen and oxygen atoms in total. The fraction of sp³-hybridized carbons (Fsp3) is 0.267. The van der Waals surface area contributed by atoms with Crippen LogP contribution < -0.4 is 29.4 Å². The minimum atomic E-state index is -0.435. The molecular weight excluding hydrogens is 456 g/mol. The van der Waals surface area contributed by atoms with Crippen LogP contribution in [0.15, 0.2) is 60.7 Å². The molecule has 184 valence electrons. The number of unbranched alkanes of at least 4 members (excludes halogenated alkanes) is 2. The van der Waals surface area contributed by atoms with Gasteiger partial charge in [0.25, 0.3) is 0 Å². The van der Waals surface area contributed by atoms with Crippen molar-refractivity contribution in [3.05, 3.63) is 82.2 Å². The van der Waals surface area contributed by atoms with E-state index in [9.17, 15) is 9.59 Å². The lowest BCUT2D eigenvalue weighted by Gasteiger charge is -2.06. The Hall–Kier alpha value is -4.06. The molecule has 0 N–H and O–H groups in total. The maximum absolute atomic E-state index is 12.8. The highest BCUT2D eigenvalue weighted by Crippen LogP contribution is 2.28. The van der Waals surface area contributed by atoms with Gasteiger partial charge in [0.2, 0.25) is 0 Å². The molecule has 0 aliphatic carbocycles. The van der Waals surface area contributed by atoms with Crippen LogP contribution in [-0.2, 0) is 9.59 Å². The number of fused-ring (bicyclic) bond motifs is 2. The average molecular weight is 485 g/mol. The smallest absolute Gasteiger partial charge is 0.344 e. The normalized spacial score (nSPS) is 13.8. The fourth-order valence-electron chi connectivity index (χ4n) is 4.29. The first-order valence-electron chi connectivity index (χ1n) is 12.4. The largest absolute Gasteiger partial charge is 0.494 e. The van der Waals surface area contributed by atoms with Gasteiger partial charge in [-0.15, -0.1) is 0 Å². The van der Waals surface area contributed by atoms with Gasteiger partial charge in [0.05, 0.1) is 24.4 Å². The second-order valence-corrected chi connectivity index (χ2v) is 8.83. The van der Waals surface area contributed by atoms with Crippen LogP contribution in [0.2, 0.25) is 0 Å². The molecule has 0 spiro atoms. The maximum Gasteiger partial charge on any atom is 0.344 e. The van der Waals surface area contributed by atoms with Crippen molar-refractivity contribution in [3.63, 3.8) is 0 Å². The zero-order chi connectivity index (χ0) is 25.1. The Bertz CT molecular complexity index is 1310. The van der Waals surface area contributed by atoms with E-state index in [4.69, 9.17) is 18.9 Å². The Morgan fingerprint density at radius 2 is 1.00 bits per heavy atom. The summed E-state index contributed by atoms with van der Waals surface area (Å²) in [6.07, 6.45) is 4.09. The van der Waals surface area contributed by atoms with Crippen LogP contribution in [-0.4, -0.2) is 25.2 Å². The molecule has 0 saturated heterocycles. The molecular formula is C30H28O6. The molecule has 2 aliphatic rings. The van der Waals surface area contributed by atoms with Crippen LogP contribution in [0, 0.1) is 0 Å². The Morgan fingerprint density at radius 3 is 1.36 bits per heavy atom. The molecule has 3 aromatic rings. The second kappa shape index (κ2) is 10.3. The highest BCUT2D eigenvalue weighted by molar-refractivity contribution is 6.21. The molecule has 0 bridgehead atoms. The van der Waals surface area contributed by atoms with E-state index >= 15 is 0 Å². The number of carbonyl (C=O) groups is 2. The van der Waals surface area contributed by atoms with E-state index in [2.05, 4.69) is 13.8 Å². The first-order chi connectivity index (χ1) is 17.6. The summed E-state index contributed by atoms with van der Waals surface area (Å²) < 4.78 is 22.6. The van der Waals surface area contributed by atoms with Gasteiger partial charge in [0.15, 0.2) is 0 Å². The van der Waals surface area contributed by atoms with Crippen LogP contribution in [0.5, 0.6) is 23.0 Å². The van der Waals surface area contributed by atoms with Crippen LogP contribution in [0.4, 0.5) is 0 Å². The topological polar surface area (TPSA) is 71.1 Å². The van der Waals surface area contributed by atoms with Crippen LogP contribution in [0.25, 0.3) is 11.1 Å². The summed E-state index contributed by atoms with van der Waals surface area (Å²) in [7, 11) is 0. The molecule has 0 aromatic heterocycles. The first kappa shape index (κ1) is 23.7. The predicted molar refractivity (Wildman–Crippen MR) is 136 cm³/mol. The quantitative estimate of drug-likeness (QED) is 0.243. The summed E-state index contributed by atoms with van der Waals surface area (Å²) in [6, 6.07) is 18.2. The third kappa shape index (κ3) is 4.59. The van der Waals surface area contributed by atoms with E-state index in [1.807, 2.05) is 48.5 Å². The number of ether oxygens (including phenoxy) is 4. The fourth-order valence-corrected chi connectivity index (χ4v) is 4.29. The van der Waals surface area contributed by atoms with E-state index in [0.29, 0.717) is 57.4 Å². The van der Waals surface area contributed by atoms with E-state index in [0.717, 1.165) is 37.2 Å². The zero-order valence-corrected chi connectivity index (χ0v) is 20.5. The van der Waals surface area contributed by atoms with Crippen molar-refractivity contribution >= 4 is 23.1 Å².